The van der Waals surface area contributed by atoms with E-state index in [9.17, 15) is 0 Å². The van der Waals surface area contributed by atoms with E-state index in [1.54, 1.807) is 6.07 Å². The maximum atomic E-state index is 6.19. The molecular formula is C16H16Br2ClNO. The van der Waals surface area contributed by atoms with Crippen LogP contribution in [0.15, 0.2) is 45.3 Å². The third-order valence-corrected chi connectivity index (χ3v) is 4.45. The highest BCUT2D eigenvalue weighted by molar-refractivity contribution is 9.10. The molecule has 1 atom stereocenters. The molecule has 0 fully saturated rings. The quantitative estimate of drug-likeness (QED) is 0.634. The molecule has 0 aliphatic carbocycles. The van der Waals surface area contributed by atoms with Crippen LogP contribution in [0, 0.1) is 0 Å². The summed E-state index contributed by atoms with van der Waals surface area (Å²) in [6.45, 7) is 2.08. The Hall–Kier alpha value is -0.550. The molecule has 5 heteroatoms. The highest BCUT2D eigenvalue weighted by Gasteiger charge is 2.11. The van der Waals surface area contributed by atoms with Crippen LogP contribution < -0.4 is 10.5 Å². The lowest BCUT2D eigenvalue weighted by molar-refractivity contribution is 0.471. The summed E-state index contributed by atoms with van der Waals surface area (Å²) >= 11 is 13.1. The van der Waals surface area contributed by atoms with Gasteiger partial charge < -0.3 is 10.5 Å². The van der Waals surface area contributed by atoms with Crippen molar-refractivity contribution in [1.29, 1.82) is 0 Å². The second kappa shape index (κ2) is 7.63. The molecule has 112 valence electrons. The van der Waals surface area contributed by atoms with Gasteiger partial charge >= 0.3 is 0 Å². The summed E-state index contributed by atoms with van der Waals surface area (Å²) < 4.78 is 7.88. The van der Waals surface area contributed by atoms with Gasteiger partial charge in [-0.2, -0.15) is 0 Å². The minimum Gasteiger partial charge on any atom is -0.455 e. The molecule has 2 aromatic carbocycles. The number of benzene rings is 2. The van der Waals surface area contributed by atoms with E-state index in [1.165, 1.54) is 0 Å². The Kier molecular flexibility index (Phi) is 6.11. The number of hydrogen-bond donors (Lipinski definition) is 1. The standard InChI is InChI=1S/C16H16Br2ClNO/c1-2-13(20)7-10-3-4-11(17)8-15(10)21-16-9-12(18)5-6-14(16)19/h3-6,8-9,13H,2,7,20H2,1H3. The molecule has 2 rings (SSSR count). The van der Waals surface area contributed by atoms with Gasteiger partial charge in [0.25, 0.3) is 0 Å². The van der Waals surface area contributed by atoms with Crippen molar-refractivity contribution in [3.63, 3.8) is 0 Å². The molecular weight excluding hydrogens is 417 g/mol. The molecule has 2 aromatic rings. The van der Waals surface area contributed by atoms with Gasteiger partial charge in [-0.25, -0.2) is 0 Å². The van der Waals surface area contributed by atoms with Gasteiger partial charge in [-0.3, -0.25) is 0 Å². The SMILES string of the molecule is CCC(N)Cc1ccc(Br)cc1Oc1cc(Br)ccc1Cl. The van der Waals surface area contributed by atoms with Crippen molar-refractivity contribution >= 4 is 43.5 Å². The molecule has 0 amide bonds. The van der Waals surface area contributed by atoms with Gasteiger partial charge in [0.15, 0.2) is 0 Å². The Morgan fingerprint density at radius 1 is 1.10 bits per heavy atom. The Labute approximate surface area is 146 Å². The largest absolute Gasteiger partial charge is 0.455 e. The Morgan fingerprint density at radius 2 is 1.71 bits per heavy atom. The van der Waals surface area contributed by atoms with Crippen LogP contribution in [0.1, 0.15) is 18.9 Å². The van der Waals surface area contributed by atoms with Crippen molar-refractivity contribution in [3.8, 4) is 11.5 Å². The van der Waals surface area contributed by atoms with E-state index in [1.807, 2.05) is 30.3 Å². The minimum atomic E-state index is 0.117. The number of hydrogen-bond acceptors (Lipinski definition) is 2. The van der Waals surface area contributed by atoms with Crippen LogP contribution in [-0.2, 0) is 6.42 Å². The average molecular weight is 434 g/mol. The summed E-state index contributed by atoms with van der Waals surface area (Å²) in [5.74, 6) is 1.39. The number of halogens is 3. The fourth-order valence-electron chi connectivity index (χ4n) is 1.89. The van der Waals surface area contributed by atoms with Gasteiger partial charge in [0.05, 0.1) is 5.02 Å². The monoisotopic (exact) mass is 431 g/mol. The molecule has 0 saturated heterocycles. The molecule has 0 radical (unpaired) electrons. The minimum absolute atomic E-state index is 0.117. The van der Waals surface area contributed by atoms with Crippen molar-refractivity contribution in [3.05, 3.63) is 55.9 Å². The van der Waals surface area contributed by atoms with Crippen LogP contribution in [0.5, 0.6) is 11.5 Å². The van der Waals surface area contributed by atoms with Gasteiger partial charge in [-0.1, -0.05) is 56.5 Å². The van der Waals surface area contributed by atoms with Crippen LogP contribution >= 0.6 is 43.5 Å². The predicted molar refractivity (Wildman–Crippen MR) is 95.3 cm³/mol. The van der Waals surface area contributed by atoms with Crippen molar-refractivity contribution in [1.82, 2.24) is 0 Å². The summed E-state index contributed by atoms with van der Waals surface area (Å²) in [4.78, 5) is 0. The van der Waals surface area contributed by atoms with E-state index < -0.39 is 0 Å². The lowest BCUT2D eigenvalue weighted by Crippen LogP contribution is -2.21. The highest BCUT2D eigenvalue weighted by Crippen LogP contribution is 2.35. The van der Waals surface area contributed by atoms with Crippen LogP contribution in [0.4, 0.5) is 0 Å². The average Bonchev–Trinajstić information content (AvgIpc) is 2.45. The lowest BCUT2D eigenvalue weighted by atomic mass is 10.0. The molecule has 0 bridgehead atoms. The van der Waals surface area contributed by atoms with E-state index in [4.69, 9.17) is 22.1 Å². The second-order valence-corrected chi connectivity index (χ2v) is 7.04. The van der Waals surface area contributed by atoms with Crippen LogP contribution in [-0.4, -0.2) is 6.04 Å². The van der Waals surface area contributed by atoms with Gasteiger partial charge in [-0.15, -0.1) is 0 Å². The first-order chi connectivity index (χ1) is 9.99. The van der Waals surface area contributed by atoms with Crippen molar-refractivity contribution < 1.29 is 4.74 Å². The Balaban J connectivity index is 2.33. The normalized spacial score (nSPS) is 12.2. The maximum Gasteiger partial charge on any atom is 0.147 e. The fraction of sp³-hybridized carbons (Fsp3) is 0.250. The molecule has 0 spiro atoms. The van der Waals surface area contributed by atoms with Gasteiger partial charge in [0, 0.05) is 15.0 Å². The highest BCUT2D eigenvalue weighted by atomic mass is 79.9. The maximum absolute atomic E-state index is 6.19. The molecule has 1 unspecified atom stereocenters. The molecule has 21 heavy (non-hydrogen) atoms. The zero-order chi connectivity index (χ0) is 15.4. The third-order valence-electron chi connectivity index (χ3n) is 3.15. The van der Waals surface area contributed by atoms with Gasteiger partial charge in [0.2, 0.25) is 0 Å². The molecule has 0 aliphatic rings. The van der Waals surface area contributed by atoms with Crippen molar-refractivity contribution in [2.45, 2.75) is 25.8 Å². The molecule has 0 aliphatic heterocycles. The Bertz CT molecular complexity index is 634. The lowest BCUT2D eigenvalue weighted by Gasteiger charge is -2.15. The van der Waals surface area contributed by atoms with E-state index in [-0.39, 0.29) is 6.04 Å². The van der Waals surface area contributed by atoms with Gasteiger partial charge in [0.1, 0.15) is 11.5 Å². The smallest absolute Gasteiger partial charge is 0.147 e. The van der Waals surface area contributed by atoms with Crippen LogP contribution in [0.25, 0.3) is 0 Å². The summed E-state index contributed by atoms with van der Waals surface area (Å²) in [5.41, 5.74) is 7.13. The number of ether oxygens (including phenoxy) is 1. The van der Waals surface area contributed by atoms with E-state index in [0.29, 0.717) is 10.8 Å². The zero-order valence-corrected chi connectivity index (χ0v) is 15.5. The first-order valence-electron chi connectivity index (χ1n) is 6.66. The first-order valence-corrected chi connectivity index (χ1v) is 8.63. The fourth-order valence-corrected chi connectivity index (χ4v) is 2.73. The molecule has 2 nitrogen and oxygen atoms in total. The summed E-state index contributed by atoms with van der Waals surface area (Å²) in [6.07, 6.45) is 1.69. The second-order valence-electron chi connectivity index (χ2n) is 4.80. The molecule has 0 heterocycles. The van der Waals surface area contributed by atoms with E-state index in [2.05, 4.69) is 38.8 Å². The van der Waals surface area contributed by atoms with Crippen LogP contribution in [0.2, 0.25) is 5.02 Å². The van der Waals surface area contributed by atoms with E-state index in [0.717, 1.165) is 33.1 Å². The number of rotatable bonds is 5. The van der Waals surface area contributed by atoms with Gasteiger partial charge in [-0.05, 0) is 48.7 Å². The van der Waals surface area contributed by atoms with Crippen molar-refractivity contribution in [2.75, 3.05) is 0 Å². The number of nitrogens with two attached hydrogens (primary N) is 1. The first kappa shape index (κ1) is 16.8. The topological polar surface area (TPSA) is 35.2 Å². The van der Waals surface area contributed by atoms with E-state index >= 15 is 0 Å². The van der Waals surface area contributed by atoms with Crippen LogP contribution in [0.3, 0.4) is 0 Å². The molecule has 0 aromatic heterocycles. The zero-order valence-electron chi connectivity index (χ0n) is 11.6. The summed E-state index contributed by atoms with van der Waals surface area (Å²) in [7, 11) is 0. The third kappa shape index (κ3) is 4.71. The predicted octanol–water partition coefficient (Wildman–Crippen LogP) is 5.94. The summed E-state index contributed by atoms with van der Waals surface area (Å²) in [5, 5.41) is 0.573. The Morgan fingerprint density at radius 3 is 2.38 bits per heavy atom. The summed E-state index contributed by atoms with van der Waals surface area (Å²) in [6, 6.07) is 11.6. The molecule has 0 saturated carbocycles. The molecule has 2 N–H and O–H groups in total. The van der Waals surface area contributed by atoms with Crippen molar-refractivity contribution in [2.24, 2.45) is 5.73 Å².